The van der Waals surface area contributed by atoms with Crippen LogP contribution in [0.2, 0.25) is 0 Å². The van der Waals surface area contributed by atoms with Crippen molar-refractivity contribution in [1.29, 1.82) is 5.41 Å². The number of carboxylic acids is 1. The number of rotatable bonds is 21. The molecule has 0 aromatic carbocycles. The summed E-state index contributed by atoms with van der Waals surface area (Å²) in [5, 5.41) is 55.9. The first-order chi connectivity index (χ1) is 23.9. The number of amides is 5. The van der Waals surface area contributed by atoms with Crippen LogP contribution in [0.4, 0.5) is 4.79 Å². The van der Waals surface area contributed by atoms with Gasteiger partial charge in [0.25, 0.3) is 0 Å². The van der Waals surface area contributed by atoms with E-state index < -0.39 is 95.5 Å². The van der Waals surface area contributed by atoms with Crippen molar-refractivity contribution in [2.45, 2.75) is 143 Å². The van der Waals surface area contributed by atoms with Crippen LogP contribution in [-0.4, -0.2) is 119 Å². The normalized spacial score (nSPS) is 16.1. The van der Waals surface area contributed by atoms with Gasteiger partial charge in [0.1, 0.15) is 29.8 Å². The molecule has 0 heterocycles. The van der Waals surface area contributed by atoms with Crippen molar-refractivity contribution in [3.05, 3.63) is 0 Å². The van der Waals surface area contributed by atoms with Gasteiger partial charge >= 0.3 is 12.1 Å². The van der Waals surface area contributed by atoms with Crippen LogP contribution in [0.15, 0.2) is 0 Å². The Bertz CT molecular complexity index is 1210. The van der Waals surface area contributed by atoms with Crippen LogP contribution in [0, 0.1) is 23.2 Å². The van der Waals surface area contributed by atoms with Crippen molar-refractivity contribution < 1.29 is 48.8 Å². The summed E-state index contributed by atoms with van der Waals surface area (Å²) in [4.78, 5) is 78.7. The Morgan fingerprint density at radius 3 is 1.73 bits per heavy atom. The molecule has 0 fully saturated rings. The number of hydrogen-bond donors (Lipinski definition) is 11. The average molecular weight is 745 g/mol. The summed E-state index contributed by atoms with van der Waals surface area (Å²) in [6, 6.07) is -6.85. The summed E-state index contributed by atoms with van der Waals surface area (Å²) in [6.07, 6.45) is -2.92. The molecule has 0 unspecified atom stereocenters. The van der Waals surface area contributed by atoms with Gasteiger partial charge in [0.15, 0.2) is 12.0 Å². The molecule has 0 aliphatic heterocycles. The summed E-state index contributed by atoms with van der Waals surface area (Å²) < 4.78 is 5.27. The molecular formula is C34H64N8O10. The van der Waals surface area contributed by atoms with Gasteiger partial charge in [-0.15, -0.1) is 0 Å². The largest absolute Gasteiger partial charge is 0.480 e. The highest BCUT2D eigenvalue weighted by molar-refractivity contribution is 5.96. The maximum Gasteiger partial charge on any atom is 0.408 e. The van der Waals surface area contributed by atoms with Crippen LogP contribution in [-0.2, 0) is 28.7 Å². The Balaban J connectivity index is 6.45. The minimum Gasteiger partial charge on any atom is -0.480 e. The van der Waals surface area contributed by atoms with E-state index in [1.54, 1.807) is 55.5 Å². The van der Waals surface area contributed by atoms with Crippen molar-refractivity contribution in [3.8, 4) is 0 Å². The van der Waals surface area contributed by atoms with E-state index in [0.717, 1.165) is 0 Å². The molecule has 0 aliphatic rings. The fraction of sp³-hybridized carbons (Fsp3) is 0.794. The molecule has 0 bridgehead atoms. The number of nitrogens with one attached hydrogen (secondary N) is 8. The third-order valence-electron chi connectivity index (χ3n) is 8.01. The van der Waals surface area contributed by atoms with Crippen molar-refractivity contribution in [2.24, 2.45) is 17.8 Å². The zero-order valence-corrected chi connectivity index (χ0v) is 32.5. The van der Waals surface area contributed by atoms with Crippen LogP contribution < -0.4 is 37.2 Å². The molecule has 0 aromatic rings. The van der Waals surface area contributed by atoms with Gasteiger partial charge in [-0.1, -0.05) is 48.0 Å². The van der Waals surface area contributed by atoms with E-state index in [2.05, 4.69) is 37.2 Å². The molecule has 8 atom stereocenters. The summed E-state index contributed by atoms with van der Waals surface area (Å²) in [7, 11) is 1.55. The second-order valence-corrected chi connectivity index (χ2v) is 14.7. The van der Waals surface area contributed by atoms with Gasteiger partial charge in [-0.05, 0) is 64.7 Å². The quantitative estimate of drug-likeness (QED) is 0.0418. The Kier molecular flexibility index (Phi) is 20.9. The highest BCUT2D eigenvalue weighted by atomic mass is 16.6. The van der Waals surface area contributed by atoms with E-state index in [9.17, 15) is 44.1 Å². The summed E-state index contributed by atoms with van der Waals surface area (Å²) >= 11 is 0. The van der Waals surface area contributed by atoms with Crippen LogP contribution in [0.1, 0.15) is 94.9 Å². The summed E-state index contributed by atoms with van der Waals surface area (Å²) in [5.74, 6) is -5.76. The molecular weight excluding hydrogens is 680 g/mol. The van der Waals surface area contributed by atoms with Crippen LogP contribution >= 0.6 is 0 Å². The van der Waals surface area contributed by atoms with Gasteiger partial charge in [0, 0.05) is 13.6 Å². The fourth-order valence-electron chi connectivity index (χ4n) is 4.83. The van der Waals surface area contributed by atoms with Gasteiger partial charge < -0.3 is 57.3 Å². The topological polar surface area (TPSA) is 280 Å². The van der Waals surface area contributed by atoms with Gasteiger partial charge in [-0.25, -0.2) is 9.59 Å². The molecule has 0 radical (unpaired) electrons. The first kappa shape index (κ1) is 47.8. The molecule has 0 saturated carbocycles. The monoisotopic (exact) mass is 744 g/mol. The minimum absolute atomic E-state index is 0.0269. The van der Waals surface area contributed by atoms with Crippen LogP contribution in [0.5, 0.6) is 0 Å². The molecule has 0 aliphatic carbocycles. The van der Waals surface area contributed by atoms with Gasteiger partial charge in [-0.2, -0.15) is 0 Å². The molecule has 18 heteroatoms. The molecule has 0 rings (SSSR count). The van der Waals surface area contributed by atoms with Crippen molar-refractivity contribution in [3.63, 3.8) is 0 Å². The van der Waals surface area contributed by atoms with E-state index in [1.165, 1.54) is 6.92 Å². The second kappa shape index (κ2) is 22.7. The van der Waals surface area contributed by atoms with Crippen LogP contribution in [0.3, 0.4) is 0 Å². The number of alkyl carbamates (subject to hydrolysis) is 1. The number of guanidine groups is 1. The number of carboxylic acid groups (broad SMARTS) is 1. The van der Waals surface area contributed by atoms with Crippen molar-refractivity contribution in [1.82, 2.24) is 37.2 Å². The molecule has 18 nitrogen and oxygen atoms in total. The number of aliphatic hydroxyl groups is 2. The predicted octanol–water partition coefficient (Wildman–Crippen LogP) is -0.0826. The highest BCUT2D eigenvalue weighted by Crippen LogP contribution is 2.14. The minimum atomic E-state index is -1.64. The molecule has 0 aromatic heterocycles. The van der Waals surface area contributed by atoms with Gasteiger partial charge in [-0.3, -0.25) is 24.6 Å². The van der Waals surface area contributed by atoms with E-state index in [1.807, 2.05) is 13.8 Å². The number of aliphatic hydroxyl groups excluding tert-OH is 2. The summed E-state index contributed by atoms with van der Waals surface area (Å²) in [6.45, 7) is 16.7. The smallest absolute Gasteiger partial charge is 0.408 e. The average Bonchev–Trinajstić information content (AvgIpc) is 3.03. The third kappa shape index (κ3) is 17.8. The van der Waals surface area contributed by atoms with Crippen LogP contribution in [0.25, 0.3) is 0 Å². The van der Waals surface area contributed by atoms with E-state index in [4.69, 9.17) is 10.1 Å². The second-order valence-electron chi connectivity index (χ2n) is 14.7. The number of hydrogen-bond acceptors (Lipinski definition) is 10. The fourth-order valence-corrected chi connectivity index (χ4v) is 4.83. The number of aliphatic carboxylic acids is 1. The Morgan fingerprint density at radius 1 is 0.750 bits per heavy atom. The molecule has 0 saturated heterocycles. The molecule has 0 spiro atoms. The Labute approximate surface area is 307 Å². The van der Waals surface area contributed by atoms with Crippen molar-refractivity contribution >= 4 is 41.7 Å². The maximum absolute atomic E-state index is 13.8. The molecule has 5 amide bonds. The standard InChI is InChI=1S/C34H64N8O10/c1-12-19(6)23(29(47)41-24(20(7)43)31(49)50)40-27(45)21(14-13-15-37-32(35)36-11)38-28(46)22(16-17(2)3)39-30(48)25(26(44)18(4)5)42-33(51)52-34(8,9)10/h17-26,43-44H,12-16H2,1-11H3,(H,38,46)(H,39,48)(H,40,45)(H,41,47)(H,42,51)(H,49,50)(H3,35,36,37)/t19-,20-,21+,22-,23-,24-,25-,26+/m0/s1. The number of carbonyl (C=O) groups is 6. The van der Waals surface area contributed by atoms with E-state index in [0.29, 0.717) is 6.42 Å². The first-order valence-electron chi connectivity index (χ1n) is 17.8. The SMILES string of the molecule is CC[C@H](C)[C@H](NC(=O)[C@@H](CCCNC(=N)NC)NC(=O)[C@H](CC(C)C)NC(=O)[C@@H](NC(=O)OC(C)(C)C)[C@H](O)C(C)C)C(=O)N[C@H](C(=O)O)[C@H](C)O. The highest BCUT2D eigenvalue weighted by Gasteiger charge is 2.37. The predicted molar refractivity (Wildman–Crippen MR) is 194 cm³/mol. The molecule has 11 N–H and O–H groups in total. The Morgan fingerprint density at radius 2 is 1.27 bits per heavy atom. The lowest BCUT2D eigenvalue weighted by Crippen LogP contribution is -2.61. The summed E-state index contributed by atoms with van der Waals surface area (Å²) in [5.41, 5.74) is -0.893. The Hall–Kier alpha value is -4.19. The van der Waals surface area contributed by atoms with E-state index in [-0.39, 0.29) is 37.7 Å². The first-order valence-corrected chi connectivity index (χ1v) is 17.8. The van der Waals surface area contributed by atoms with E-state index >= 15 is 0 Å². The lowest BCUT2D eigenvalue weighted by Gasteiger charge is -2.31. The van der Waals surface area contributed by atoms with Crippen molar-refractivity contribution in [2.75, 3.05) is 13.6 Å². The van der Waals surface area contributed by atoms with Gasteiger partial charge in [0.05, 0.1) is 12.2 Å². The van der Waals surface area contributed by atoms with Gasteiger partial charge in [0.2, 0.25) is 23.6 Å². The lowest BCUT2D eigenvalue weighted by atomic mass is 9.96. The maximum atomic E-state index is 13.8. The third-order valence-corrected chi connectivity index (χ3v) is 8.01. The molecule has 300 valence electrons. The number of ether oxygens (including phenoxy) is 1. The zero-order valence-electron chi connectivity index (χ0n) is 32.5. The molecule has 52 heavy (non-hydrogen) atoms. The zero-order chi connectivity index (χ0) is 40.5. The lowest BCUT2D eigenvalue weighted by molar-refractivity contribution is -0.145. The number of carbonyl (C=O) groups excluding carboxylic acids is 5.